The predicted octanol–water partition coefficient (Wildman–Crippen LogP) is 2.66. The number of alkyl halides is 6. The number of nitrogens with two attached hydrogens (primary N) is 1. The van der Waals surface area contributed by atoms with Gasteiger partial charge in [0.1, 0.15) is 5.54 Å². The fraction of sp³-hybridized carbons (Fsp3) is 0.458. The molecule has 39 heavy (non-hydrogen) atoms. The second kappa shape index (κ2) is 9.64. The summed E-state index contributed by atoms with van der Waals surface area (Å²) in [6, 6.07) is 6.45. The molecule has 2 aliphatic heterocycles. The van der Waals surface area contributed by atoms with Crippen molar-refractivity contribution in [2.24, 2.45) is 5.73 Å². The third-order valence-electron chi connectivity index (χ3n) is 6.88. The van der Waals surface area contributed by atoms with Crippen molar-refractivity contribution in [1.29, 1.82) is 0 Å². The molecule has 2 aliphatic rings. The van der Waals surface area contributed by atoms with Crippen molar-refractivity contribution in [2.45, 2.75) is 54.2 Å². The summed E-state index contributed by atoms with van der Waals surface area (Å²) in [5, 5.41) is 12.4. The first-order chi connectivity index (χ1) is 17.9. The van der Waals surface area contributed by atoms with Crippen LogP contribution in [0.4, 0.5) is 32.0 Å². The zero-order valence-corrected chi connectivity index (χ0v) is 21.3. The SMILES string of the molecule is Cc1ccc(S(=O)(=O)N2c3ccc(C(O)(C(F)(F)F)C(F)(F)F)cc3CC[C@H]2CNC(=O)C2(N)COC2)cc1. The van der Waals surface area contributed by atoms with Gasteiger partial charge in [-0.1, -0.05) is 29.8 Å². The van der Waals surface area contributed by atoms with E-state index in [0.717, 1.165) is 15.9 Å². The van der Waals surface area contributed by atoms with Crippen LogP contribution in [0.1, 0.15) is 23.1 Å². The average molecular weight is 582 g/mol. The molecule has 2 heterocycles. The van der Waals surface area contributed by atoms with Crippen molar-refractivity contribution in [3.63, 3.8) is 0 Å². The van der Waals surface area contributed by atoms with E-state index in [1.54, 1.807) is 6.92 Å². The minimum absolute atomic E-state index is 0.0399. The Hall–Kier alpha value is -2.88. The molecule has 0 saturated carbocycles. The number of aliphatic hydroxyl groups is 1. The lowest BCUT2D eigenvalue weighted by atomic mass is 9.88. The van der Waals surface area contributed by atoms with E-state index in [1.165, 1.54) is 24.3 Å². The lowest BCUT2D eigenvalue weighted by Crippen LogP contribution is -2.67. The smallest absolute Gasteiger partial charge is 0.376 e. The Kier molecular flexibility index (Phi) is 7.20. The van der Waals surface area contributed by atoms with Crippen LogP contribution in [-0.4, -0.2) is 63.1 Å². The summed E-state index contributed by atoms with van der Waals surface area (Å²) < 4.78 is 114. The number of rotatable bonds is 6. The zero-order valence-electron chi connectivity index (χ0n) is 20.4. The third-order valence-corrected chi connectivity index (χ3v) is 8.76. The second-order valence-corrected chi connectivity index (χ2v) is 11.5. The molecule has 0 bridgehead atoms. The minimum atomic E-state index is -6.10. The monoisotopic (exact) mass is 581 g/mol. The van der Waals surface area contributed by atoms with Gasteiger partial charge >= 0.3 is 12.4 Å². The molecule has 1 amide bonds. The lowest BCUT2D eigenvalue weighted by Gasteiger charge is -2.40. The Morgan fingerprint density at radius 1 is 1.10 bits per heavy atom. The number of hydrogen-bond donors (Lipinski definition) is 3. The molecule has 0 radical (unpaired) electrons. The number of benzene rings is 2. The number of amides is 1. The van der Waals surface area contributed by atoms with Crippen molar-refractivity contribution < 1.29 is 49.4 Å². The molecule has 214 valence electrons. The van der Waals surface area contributed by atoms with Crippen LogP contribution in [0.25, 0.3) is 0 Å². The molecule has 2 aromatic rings. The Balaban J connectivity index is 1.78. The number of fused-ring (bicyclic) bond motifs is 1. The summed E-state index contributed by atoms with van der Waals surface area (Å²) in [4.78, 5) is 12.3. The fourth-order valence-corrected chi connectivity index (χ4v) is 6.24. The number of nitrogens with zero attached hydrogens (tertiary/aromatic N) is 1. The Morgan fingerprint density at radius 3 is 2.21 bits per heavy atom. The van der Waals surface area contributed by atoms with Gasteiger partial charge in [-0.3, -0.25) is 9.10 Å². The molecule has 1 atom stereocenters. The highest BCUT2D eigenvalue weighted by atomic mass is 32.2. The third kappa shape index (κ3) is 4.96. The molecule has 1 saturated heterocycles. The highest BCUT2D eigenvalue weighted by Crippen LogP contribution is 2.51. The van der Waals surface area contributed by atoms with Crippen LogP contribution in [0.2, 0.25) is 0 Å². The van der Waals surface area contributed by atoms with Crippen LogP contribution in [-0.2, 0) is 31.6 Å². The molecular weight excluding hydrogens is 556 g/mol. The number of anilines is 1. The van der Waals surface area contributed by atoms with Gasteiger partial charge in [-0.25, -0.2) is 8.42 Å². The molecule has 15 heteroatoms. The van der Waals surface area contributed by atoms with Crippen LogP contribution in [0, 0.1) is 6.92 Å². The number of sulfonamides is 1. The fourth-order valence-electron chi connectivity index (χ4n) is 4.52. The molecule has 1 fully saturated rings. The largest absolute Gasteiger partial charge is 0.430 e. The van der Waals surface area contributed by atoms with Gasteiger partial charge in [0.05, 0.1) is 29.8 Å². The van der Waals surface area contributed by atoms with E-state index in [1.807, 2.05) is 0 Å². The van der Waals surface area contributed by atoms with E-state index < -0.39 is 51.0 Å². The van der Waals surface area contributed by atoms with Crippen molar-refractivity contribution in [1.82, 2.24) is 5.32 Å². The quantitative estimate of drug-likeness (QED) is 0.451. The normalized spacial score (nSPS) is 19.7. The topological polar surface area (TPSA) is 122 Å². The van der Waals surface area contributed by atoms with Gasteiger partial charge in [-0.15, -0.1) is 0 Å². The summed E-state index contributed by atoms with van der Waals surface area (Å²) in [6.07, 6.45) is -12.4. The van der Waals surface area contributed by atoms with E-state index >= 15 is 0 Å². The molecular formula is C24H25F6N3O5S. The Morgan fingerprint density at radius 2 is 1.69 bits per heavy atom. The molecule has 8 nitrogen and oxygen atoms in total. The van der Waals surface area contributed by atoms with Gasteiger partial charge in [0.25, 0.3) is 15.6 Å². The van der Waals surface area contributed by atoms with Crippen LogP contribution >= 0.6 is 0 Å². The lowest BCUT2D eigenvalue weighted by molar-refractivity contribution is -0.376. The zero-order chi connectivity index (χ0) is 29.0. The van der Waals surface area contributed by atoms with Crippen LogP contribution in [0.5, 0.6) is 0 Å². The molecule has 0 aliphatic carbocycles. The maximum Gasteiger partial charge on any atom is 0.430 e. The highest BCUT2D eigenvalue weighted by molar-refractivity contribution is 7.92. The minimum Gasteiger partial charge on any atom is -0.376 e. The van der Waals surface area contributed by atoms with Gasteiger partial charge in [0.15, 0.2) is 0 Å². The van der Waals surface area contributed by atoms with Gasteiger partial charge < -0.3 is 20.9 Å². The predicted molar refractivity (Wildman–Crippen MR) is 126 cm³/mol. The Labute approximate surface area is 219 Å². The molecule has 4 rings (SSSR count). The summed E-state index contributed by atoms with van der Waals surface area (Å²) in [5.41, 5.74) is -1.61. The van der Waals surface area contributed by atoms with Crippen molar-refractivity contribution in [3.05, 3.63) is 59.2 Å². The van der Waals surface area contributed by atoms with Crippen molar-refractivity contribution >= 4 is 21.6 Å². The van der Waals surface area contributed by atoms with Crippen LogP contribution in [0.15, 0.2) is 47.4 Å². The van der Waals surface area contributed by atoms with Crippen molar-refractivity contribution in [3.8, 4) is 0 Å². The van der Waals surface area contributed by atoms with E-state index in [-0.39, 0.29) is 48.7 Å². The number of carbonyl (C=O) groups excluding carboxylic acids is 1. The highest BCUT2D eigenvalue weighted by Gasteiger charge is 2.71. The molecule has 0 aromatic heterocycles. The first-order valence-corrected chi connectivity index (χ1v) is 13.1. The van der Waals surface area contributed by atoms with Gasteiger partial charge in [-0.05, 0) is 43.5 Å². The molecule has 0 unspecified atom stereocenters. The van der Waals surface area contributed by atoms with E-state index in [2.05, 4.69) is 5.32 Å². The second-order valence-electron chi connectivity index (χ2n) is 9.71. The maximum absolute atomic E-state index is 13.7. The Bertz CT molecular complexity index is 1340. The maximum atomic E-state index is 13.7. The summed E-state index contributed by atoms with van der Waals surface area (Å²) in [6.45, 7) is 1.41. The van der Waals surface area contributed by atoms with E-state index in [0.29, 0.717) is 12.1 Å². The van der Waals surface area contributed by atoms with Gasteiger partial charge in [0, 0.05) is 12.1 Å². The van der Waals surface area contributed by atoms with Gasteiger partial charge in [-0.2, -0.15) is 26.3 Å². The first-order valence-electron chi connectivity index (χ1n) is 11.7. The summed E-state index contributed by atoms with van der Waals surface area (Å²) >= 11 is 0. The van der Waals surface area contributed by atoms with E-state index in [4.69, 9.17) is 10.5 Å². The van der Waals surface area contributed by atoms with E-state index in [9.17, 15) is 44.7 Å². The number of aryl methyl sites for hydroxylation is 2. The standard InChI is InChI=1S/C24H25F6N3O5S/c1-14-2-7-18(8-3-14)39(36,37)33-17(11-32-20(34)21(31)12-38-13-21)6-4-15-10-16(5-9-19(15)33)22(35,23(25,26)27)24(28,29)30/h2-3,5,7-10,17,35H,4,6,11-13,31H2,1H3,(H,32,34)/t17-/m0/s1. The van der Waals surface area contributed by atoms with Crippen molar-refractivity contribution in [2.75, 3.05) is 24.1 Å². The number of ether oxygens (including phenoxy) is 1. The number of carbonyl (C=O) groups is 1. The number of hydrogen-bond acceptors (Lipinski definition) is 6. The summed E-state index contributed by atoms with van der Waals surface area (Å²) in [5.74, 6) is -0.594. The molecule has 0 spiro atoms. The van der Waals surface area contributed by atoms with Crippen LogP contribution < -0.4 is 15.4 Å². The molecule has 4 N–H and O–H groups in total. The van der Waals surface area contributed by atoms with Crippen LogP contribution in [0.3, 0.4) is 0 Å². The van der Waals surface area contributed by atoms with Gasteiger partial charge in [0.2, 0.25) is 5.91 Å². The first kappa shape index (κ1) is 29.1. The number of halogens is 6. The molecule has 2 aromatic carbocycles. The summed E-state index contributed by atoms with van der Waals surface area (Å²) in [7, 11) is -4.40. The number of nitrogens with one attached hydrogen (secondary N) is 1. The average Bonchev–Trinajstić information content (AvgIpc) is 2.83.